The van der Waals surface area contributed by atoms with Crippen LogP contribution in [0, 0.1) is 0 Å². The second-order valence-electron chi connectivity index (χ2n) is 7.26. The van der Waals surface area contributed by atoms with Gasteiger partial charge < -0.3 is 15.0 Å². The number of piperazine rings is 1. The van der Waals surface area contributed by atoms with Gasteiger partial charge in [0.05, 0.1) is 19.0 Å². The van der Waals surface area contributed by atoms with Crippen molar-refractivity contribution in [2.24, 2.45) is 0 Å². The lowest BCUT2D eigenvalue weighted by Crippen LogP contribution is -2.56. The first-order valence-electron chi connectivity index (χ1n) is 9.70. The highest BCUT2D eigenvalue weighted by molar-refractivity contribution is 6.30. The number of ether oxygens (including phenoxy) is 1. The molecule has 8 heteroatoms. The van der Waals surface area contributed by atoms with Gasteiger partial charge in [0.25, 0.3) is 0 Å². The Bertz CT molecular complexity index is 893. The smallest absolute Gasteiger partial charge is 0.237 e. The van der Waals surface area contributed by atoms with Crippen LogP contribution in [0.2, 0.25) is 5.02 Å². The van der Waals surface area contributed by atoms with Crippen molar-refractivity contribution in [3.05, 3.63) is 58.9 Å². The Morgan fingerprint density at radius 1 is 1.31 bits per heavy atom. The standard InChI is InChI=1S/C21H23ClN4O3/c22-17-3-4-19-16(10-17)14-26(8-9-29-19)20(27)11-18-21(28)24-6-7-25(18)13-15-2-1-5-23-12-15/h1-5,10,12,18H,6-9,11,13-14H2,(H,24,28). The molecule has 1 unspecified atom stereocenters. The number of carbonyl (C=O) groups is 2. The molecule has 3 heterocycles. The molecule has 1 fully saturated rings. The molecule has 0 saturated carbocycles. The highest BCUT2D eigenvalue weighted by Crippen LogP contribution is 2.27. The first-order chi connectivity index (χ1) is 14.1. The largest absolute Gasteiger partial charge is 0.491 e. The average Bonchev–Trinajstić information content (AvgIpc) is 2.93. The number of nitrogens with zero attached hydrogens (tertiary/aromatic N) is 3. The predicted octanol–water partition coefficient (Wildman–Crippen LogP) is 1.85. The van der Waals surface area contributed by atoms with Gasteiger partial charge in [0.1, 0.15) is 12.4 Å². The van der Waals surface area contributed by atoms with E-state index in [0.717, 1.165) is 16.9 Å². The minimum absolute atomic E-state index is 0.0698. The summed E-state index contributed by atoms with van der Waals surface area (Å²) >= 11 is 6.10. The van der Waals surface area contributed by atoms with Crippen molar-refractivity contribution in [2.45, 2.75) is 25.6 Å². The monoisotopic (exact) mass is 414 g/mol. The third-order valence-electron chi connectivity index (χ3n) is 5.27. The maximum absolute atomic E-state index is 13.1. The molecule has 2 aliphatic heterocycles. The van der Waals surface area contributed by atoms with Crippen LogP contribution < -0.4 is 10.1 Å². The molecule has 7 nitrogen and oxygen atoms in total. The highest BCUT2D eigenvalue weighted by Gasteiger charge is 2.33. The Morgan fingerprint density at radius 3 is 3.03 bits per heavy atom. The average molecular weight is 415 g/mol. The van der Waals surface area contributed by atoms with Crippen molar-refractivity contribution in [3.8, 4) is 5.75 Å². The lowest BCUT2D eigenvalue weighted by atomic mass is 10.1. The van der Waals surface area contributed by atoms with Crippen LogP contribution in [0.3, 0.4) is 0 Å². The summed E-state index contributed by atoms with van der Waals surface area (Å²) in [6.07, 6.45) is 3.64. The fraction of sp³-hybridized carbons (Fsp3) is 0.381. The summed E-state index contributed by atoms with van der Waals surface area (Å²) in [6, 6.07) is 8.78. The van der Waals surface area contributed by atoms with Crippen LogP contribution in [0.4, 0.5) is 0 Å². The van der Waals surface area contributed by atoms with E-state index in [-0.39, 0.29) is 18.2 Å². The molecule has 0 aliphatic carbocycles. The summed E-state index contributed by atoms with van der Waals surface area (Å²) in [4.78, 5) is 33.5. The number of hydrogen-bond acceptors (Lipinski definition) is 5. The number of aromatic nitrogens is 1. The minimum atomic E-state index is -0.501. The Morgan fingerprint density at radius 2 is 2.21 bits per heavy atom. The van der Waals surface area contributed by atoms with Gasteiger partial charge >= 0.3 is 0 Å². The van der Waals surface area contributed by atoms with Crippen molar-refractivity contribution in [2.75, 3.05) is 26.2 Å². The van der Waals surface area contributed by atoms with Gasteiger partial charge in [-0.15, -0.1) is 0 Å². The van der Waals surface area contributed by atoms with Crippen LogP contribution in [-0.4, -0.2) is 58.9 Å². The molecule has 1 aromatic carbocycles. The Kier molecular flexibility index (Phi) is 5.97. The third kappa shape index (κ3) is 4.68. The summed E-state index contributed by atoms with van der Waals surface area (Å²) in [5.74, 6) is 0.570. The van der Waals surface area contributed by atoms with Gasteiger partial charge in [-0.3, -0.25) is 19.5 Å². The molecule has 1 aromatic heterocycles. The second-order valence-corrected chi connectivity index (χ2v) is 7.69. The molecule has 1 saturated heterocycles. The van der Waals surface area contributed by atoms with E-state index in [9.17, 15) is 9.59 Å². The van der Waals surface area contributed by atoms with Gasteiger partial charge in [-0.05, 0) is 29.8 Å². The number of pyridine rings is 1. The van der Waals surface area contributed by atoms with Crippen LogP contribution in [-0.2, 0) is 22.7 Å². The molecule has 1 N–H and O–H groups in total. The summed E-state index contributed by atoms with van der Waals surface area (Å²) < 4.78 is 5.75. The van der Waals surface area contributed by atoms with E-state index < -0.39 is 6.04 Å². The van der Waals surface area contributed by atoms with Crippen molar-refractivity contribution in [1.29, 1.82) is 0 Å². The normalized spacial score (nSPS) is 19.7. The van der Waals surface area contributed by atoms with Crippen LogP contribution in [0.5, 0.6) is 5.75 Å². The summed E-state index contributed by atoms with van der Waals surface area (Å²) in [5.41, 5.74) is 1.90. The molecule has 2 amide bonds. The van der Waals surface area contributed by atoms with Crippen LogP contribution in [0.25, 0.3) is 0 Å². The lowest BCUT2D eigenvalue weighted by molar-refractivity contribution is -0.139. The Balaban J connectivity index is 1.47. The lowest BCUT2D eigenvalue weighted by Gasteiger charge is -2.35. The zero-order valence-electron chi connectivity index (χ0n) is 16.0. The number of carbonyl (C=O) groups excluding carboxylic acids is 2. The molecule has 1 atom stereocenters. The van der Waals surface area contributed by atoms with E-state index >= 15 is 0 Å². The van der Waals surface area contributed by atoms with E-state index in [0.29, 0.717) is 44.4 Å². The highest BCUT2D eigenvalue weighted by atomic mass is 35.5. The first-order valence-corrected chi connectivity index (χ1v) is 10.1. The summed E-state index contributed by atoms with van der Waals surface area (Å²) in [5, 5.41) is 3.49. The molecule has 0 spiro atoms. The number of amides is 2. The first kappa shape index (κ1) is 19.7. The van der Waals surface area contributed by atoms with E-state index in [2.05, 4.69) is 10.3 Å². The van der Waals surface area contributed by atoms with Crippen molar-refractivity contribution in [3.63, 3.8) is 0 Å². The fourth-order valence-corrected chi connectivity index (χ4v) is 3.96. The van der Waals surface area contributed by atoms with Gasteiger partial charge in [-0.1, -0.05) is 17.7 Å². The van der Waals surface area contributed by atoms with E-state index in [1.54, 1.807) is 23.4 Å². The molecular formula is C21H23ClN4O3. The number of hydrogen-bond donors (Lipinski definition) is 1. The maximum atomic E-state index is 13.1. The molecule has 29 heavy (non-hydrogen) atoms. The maximum Gasteiger partial charge on any atom is 0.237 e. The number of halogens is 1. The van der Waals surface area contributed by atoms with Crippen molar-refractivity contribution < 1.29 is 14.3 Å². The Labute approximate surface area is 174 Å². The van der Waals surface area contributed by atoms with Crippen molar-refractivity contribution in [1.82, 2.24) is 20.1 Å². The van der Waals surface area contributed by atoms with E-state index in [1.807, 2.05) is 29.2 Å². The van der Waals surface area contributed by atoms with Gasteiger partial charge in [-0.25, -0.2) is 0 Å². The zero-order chi connectivity index (χ0) is 20.2. The van der Waals surface area contributed by atoms with Gasteiger partial charge in [0, 0.05) is 49.2 Å². The van der Waals surface area contributed by atoms with Crippen LogP contribution in [0.1, 0.15) is 17.5 Å². The second kappa shape index (κ2) is 8.80. The topological polar surface area (TPSA) is 74.8 Å². The summed E-state index contributed by atoms with van der Waals surface area (Å²) in [6.45, 7) is 3.17. The molecule has 152 valence electrons. The fourth-order valence-electron chi connectivity index (χ4n) is 3.77. The molecule has 0 radical (unpaired) electrons. The van der Waals surface area contributed by atoms with Crippen molar-refractivity contribution >= 4 is 23.4 Å². The SMILES string of the molecule is O=C1NCCN(Cc2cccnc2)C1CC(=O)N1CCOc2ccc(Cl)cc2C1. The van der Waals surface area contributed by atoms with E-state index in [4.69, 9.17) is 16.3 Å². The predicted molar refractivity (Wildman–Crippen MR) is 108 cm³/mol. The summed E-state index contributed by atoms with van der Waals surface area (Å²) in [7, 11) is 0. The quantitative estimate of drug-likeness (QED) is 0.826. The molecular weight excluding hydrogens is 392 g/mol. The number of benzene rings is 1. The van der Waals surface area contributed by atoms with Crippen LogP contribution >= 0.6 is 11.6 Å². The molecule has 2 aliphatic rings. The van der Waals surface area contributed by atoms with Gasteiger partial charge in [-0.2, -0.15) is 0 Å². The molecule has 2 aromatic rings. The number of fused-ring (bicyclic) bond motifs is 1. The number of rotatable bonds is 4. The third-order valence-corrected chi connectivity index (χ3v) is 5.51. The minimum Gasteiger partial charge on any atom is -0.491 e. The van der Waals surface area contributed by atoms with Gasteiger partial charge in [0.2, 0.25) is 11.8 Å². The zero-order valence-corrected chi connectivity index (χ0v) is 16.8. The van der Waals surface area contributed by atoms with Crippen LogP contribution in [0.15, 0.2) is 42.7 Å². The number of nitrogens with one attached hydrogen (secondary N) is 1. The molecule has 0 bridgehead atoms. The molecule has 4 rings (SSSR count). The van der Waals surface area contributed by atoms with Gasteiger partial charge in [0.15, 0.2) is 0 Å². The van der Waals surface area contributed by atoms with E-state index in [1.165, 1.54) is 0 Å². The Hall–Kier alpha value is -2.64.